The van der Waals surface area contributed by atoms with Crippen molar-refractivity contribution < 1.29 is 28.6 Å². The average molecular weight is 312 g/mol. The maximum Gasteiger partial charge on any atom is 0.409 e. The van der Waals surface area contributed by atoms with Crippen LogP contribution in [0.25, 0.3) is 0 Å². The van der Waals surface area contributed by atoms with Crippen LogP contribution in [0, 0.1) is 5.41 Å². The zero-order valence-electron chi connectivity index (χ0n) is 12.9. The molecule has 0 fully saturated rings. The first-order chi connectivity index (χ1) is 10.2. The van der Waals surface area contributed by atoms with E-state index in [1.165, 1.54) is 25.9 Å². The van der Waals surface area contributed by atoms with Gasteiger partial charge in [-0.2, -0.15) is 0 Å². The first-order valence-electron chi connectivity index (χ1n) is 6.26. The molecule has 0 saturated heterocycles. The minimum atomic E-state index is -0.990. The van der Waals surface area contributed by atoms with E-state index in [0.717, 1.165) is 6.21 Å². The van der Waals surface area contributed by atoms with Crippen LogP contribution in [0.3, 0.4) is 0 Å². The molecule has 0 radical (unpaired) electrons. The van der Waals surface area contributed by atoms with Gasteiger partial charge in [0.1, 0.15) is 13.2 Å². The van der Waals surface area contributed by atoms with E-state index in [0.29, 0.717) is 0 Å². The van der Waals surface area contributed by atoms with Gasteiger partial charge in [0.05, 0.1) is 5.57 Å². The van der Waals surface area contributed by atoms with Crippen LogP contribution in [-0.4, -0.2) is 62.6 Å². The molecule has 1 unspecified atom stereocenters. The normalized spacial score (nSPS) is 10.9. The summed E-state index contributed by atoms with van der Waals surface area (Å²) in [4.78, 5) is 35.4. The van der Waals surface area contributed by atoms with Crippen molar-refractivity contribution in [2.45, 2.75) is 13.0 Å². The topological polar surface area (TPSA) is 106 Å². The molecule has 122 valence electrons. The van der Waals surface area contributed by atoms with Crippen LogP contribution in [0.2, 0.25) is 0 Å². The van der Waals surface area contributed by atoms with Gasteiger partial charge >= 0.3 is 18.0 Å². The Bertz CT molecular complexity index is 484. The number of carbonyl (C=O) groups is 3. The lowest BCUT2D eigenvalue weighted by atomic mass is 10.3. The summed E-state index contributed by atoms with van der Waals surface area (Å²) in [5.74, 6) is -1.53. The minimum Gasteiger partial charge on any atom is -0.458 e. The van der Waals surface area contributed by atoms with E-state index >= 15 is 0 Å². The Morgan fingerprint density at radius 1 is 1.14 bits per heavy atom. The lowest BCUT2D eigenvalue weighted by molar-refractivity contribution is -0.156. The number of esters is 2. The molecule has 1 N–H and O–H groups in total. The van der Waals surface area contributed by atoms with Crippen LogP contribution in [0.4, 0.5) is 4.79 Å². The number of nitrogens with one attached hydrogen (secondary N) is 1. The van der Waals surface area contributed by atoms with E-state index in [4.69, 9.17) is 19.6 Å². The number of rotatable bonds is 8. The average Bonchev–Trinajstić information content (AvgIpc) is 2.47. The van der Waals surface area contributed by atoms with Gasteiger partial charge in [-0.3, -0.25) is 0 Å². The van der Waals surface area contributed by atoms with Crippen molar-refractivity contribution >= 4 is 24.2 Å². The van der Waals surface area contributed by atoms with E-state index in [9.17, 15) is 14.4 Å². The fourth-order valence-electron chi connectivity index (χ4n) is 0.982. The van der Waals surface area contributed by atoms with Crippen LogP contribution in [0.5, 0.6) is 0 Å². The molecule has 8 heteroatoms. The van der Waals surface area contributed by atoms with Crippen molar-refractivity contribution in [3.63, 3.8) is 0 Å². The second-order valence-corrected chi connectivity index (χ2v) is 4.55. The monoisotopic (exact) mass is 312 g/mol. The van der Waals surface area contributed by atoms with Gasteiger partial charge in [-0.25, -0.2) is 14.4 Å². The molecule has 0 rings (SSSR count). The Balaban J connectivity index is 4.64. The molecule has 0 aliphatic rings. The highest BCUT2D eigenvalue weighted by Gasteiger charge is 2.20. The van der Waals surface area contributed by atoms with E-state index < -0.39 is 24.1 Å². The van der Waals surface area contributed by atoms with Gasteiger partial charge in [-0.15, -0.1) is 0 Å². The van der Waals surface area contributed by atoms with Crippen molar-refractivity contribution in [2.24, 2.45) is 0 Å². The highest BCUT2D eigenvalue weighted by atomic mass is 16.6. The first kappa shape index (κ1) is 19.4. The van der Waals surface area contributed by atoms with Gasteiger partial charge in [-0.1, -0.05) is 13.2 Å². The fourth-order valence-corrected chi connectivity index (χ4v) is 0.982. The molecule has 22 heavy (non-hydrogen) atoms. The third-order valence-corrected chi connectivity index (χ3v) is 2.22. The van der Waals surface area contributed by atoms with Gasteiger partial charge in [0, 0.05) is 25.9 Å². The molecule has 1 atom stereocenters. The number of amides is 1. The van der Waals surface area contributed by atoms with E-state index in [1.807, 2.05) is 0 Å². The van der Waals surface area contributed by atoms with Gasteiger partial charge in [-0.05, 0) is 6.92 Å². The van der Waals surface area contributed by atoms with Crippen LogP contribution in [-0.2, 0) is 23.8 Å². The second-order valence-electron chi connectivity index (χ2n) is 4.55. The van der Waals surface area contributed by atoms with E-state index in [2.05, 4.69) is 13.2 Å². The number of nitrogens with zero attached hydrogens (tertiary/aromatic N) is 1. The molecule has 0 aliphatic heterocycles. The van der Waals surface area contributed by atoms with Crippen molar-refractivity contribution in [2.75, 3.05) is 27.3 Å². The number of hydrogen-bond acceptors (Lipinski definition) is 7. The van der Waals surface area contributed by atoms with Crippen LogP contribution in [0.1, 0.15) is 6.92 Å². The van der Waals surface area contributed by atoms with Crippen molar-refractivity contribution in [1.82, 2.24) is 4.90 Å². The molecule has 0 bridgehead atoms. The Labute approximate surface area is 128 Å². The standard InChI is InChI=1S/C14H20N2O6/c1-9(2)12(17)22-11(8-21-14(19)16(4)5)7-20-13(18)10(3)6-15/h6,11,15H,1,3,7-8H2,2,4-5H3. The summed E-state index contributed by atoms with van der Waals surface area (Å²) in [7, 11) is 2.98. The molecule has 0 aliphatic carbocycles. The largest absolute Gasteiger partial charge is 0.458 e. The van der Waals surface area contributed by atoms with E-state index in [-0.39, 0.29) is 24.4 Å². The lowest BCUT2D eigenvalue weighted by Gasteiger charge is -2.19. The Kier molecular flexibility index (Phi) is 8.21. The summed E-state index contributed by atoms with van der Waals surface area (Å²) in [6, 6.07) is 0. The summed E-state index contributed by atoms with van der Waals surface area (Å²) >= 11 is 0. The summed E-state index contributed by atoms with van der Waals surface area (Å²) in [6.07, 6.45) is -0.884. The molecule has 0 aromatic rings. The van der Waals surface area contributed by atoms with Crippen molar-refractivity contribution in [3.05, 3.63) is 24.3 Å². The Morgan fingerprint density at radius 2 is 1.68 bits per heavy atom. The van der Waals surface area contributed by atoms with Gasteiger partial charge < -0.3 is 24.5 Å². The third kappa shape index (κ3) is 7.22. The molecule has 0 spiro atoms. The van der Waals surface area contributed by atoms with Crippen LogP contribution >= 0.6 is 0 Å². The molecule has 0 aromatic carbocycles. The second kappa shape index (κ2) is 9.32. The number of hydrogen-bond donors (Lipinski definition) is 1. The zero-order chi connectivity index (χ0) is 17.3. The summed E-state index contributed by atoms with van der Waals surface area (Å²) in [5.41, 5.74) is -0.00516. The highest BCUT2D eigenvalue weighted by Crippen LogP contribution is 2.03. The molecule has 1 amide bonds. The Morgan fingerprint density at radius 3 is 2.14 bits per heavy atom. The molecule has 8 nitrogen and oxygen atoms in total. The first-order valence-corrected chi connectivity index (χ1v) is 6.26. The maximum atomic E-state index is 11.5. The molecule has 0 saturated carbocycles. The van der Waals surface area contributed by atoms with Crippen molar-refractivity contribution in [3.8, 4) is 0 Å². The lowest BCUT2D eigenvalue weighted by Crippen LogP contribution is -2.33. The summed E-state index contributed by atoms with van der Waals surface area (Å²) < 4.78 is 14.7. The SMILES string of the molecule is C=C(C)C(=O)OC(COC(=O)C(=C)C=N)COC(=O)N(C)C. The smallest absolute Gasteiger partial charge is 0.409 e. The third-order valence-electron chi connectivity index (χ3n) is 2.22. The molecular weight excluding hydrogens is 292 g/mol. The quantitative estimate of drug-likeness (QED) is 0.309. The summed E-state index contributed by atoms with van der Waals surface area (Å²) in [5, 5.41) is 6.88. The van der Waals surface area contributed by atoms with Crippen LogP contribution < -0.4 is 0 Å². The number of carbonyl (C=O) groups excluding carboxylic acids is 3. The maximum absolute atomic E-state index is 11.5. The minimum absolute atomic E-state index is 0.152. The van der Waals surface area contributed by atoms with E-state index in [1.54, 1.807) is 0 Å². The molecular formula is C14H20N2O6. The predicted molar refractivity (Wildman–Crippen MR) is 78.6 cm³/mol. The molecule has 0 aromatic heterocycles. The summed E-state index contributed by atoms with van der Waals surface area (Å²) in [6.45, 7) is 7.55. The Hall–Kier alpha value is -2.64. The van der Waals surface area contributed by atoms with Crippen LogP contribution in [0.15, 0.2) is 24.3 Å². The predicted octanol–water partition coefficient (Wildman–Crippen LogP) is 0.921. The highest BCUT2D eigenvalue weighted by molar-refractivity contribution is 6.07. The van der Waals surface area contributed by atoms with Gasteiger partial charge in [0.15, 0.2) is 6.10 Å². The molecule has 0 heterocycles. The number of ether oxygens (including phenoxy) is 3. The van der Waals surface area contributed by atoms with Gasteiger partial charge in [0.2, 0.25) is 0 Å². The van der Waals surface area contributed by atoms with Gasteiger partial charge in [0.25, 0.3) is 0 Å². The zero-order valence-corrected chi connectivity index (χ0v) is 12.9. The van der Waals surface area contributed by atoms with Crippen molar-refractivity contribution in [1.29, 1.82) is 5.41 Å². The fraction of sp³-hybridized carbons (Fsp3) is 0.429.